The molecule has 0 saturated heterocycles. The summed E-state index contributed by atoms with van der Waals surface area (Å²) in [5.41, 5.74) is 1.78. The van der Waals surface area contributed by atoms with E-state index >= 15 is 0 Å². The molecule has 0 radical (unpaired) electrons. The van der Waals surface area contributed by atoms with Gasteiger partial charge in [0.2, 0.25) is 0 Å². The molecule has 0 unspecified atom stereocenters. The summed E-state index contributed by atoms with van der Waals surface area (Å²) in [6.07, 6.45) is 1.60. The van der Waals surface area contributed by atoms with Gasteiger partial charge in [-0.15, -0.1) is 17.9 Å². The smallest absolute Gasteiger partial charge is 0.263 e. The van der Waals surface area contributed by atoms with Crippen LogP contribution in [0.1, 0.15) is 10.4 Å². The predicted molar refractivity (Wildman–Crippen MR) is 95.8 cm³/mol. The van der Waals surface area contributed by atoms with Crippen molar-refractivity contribution < 1.29 is 9.18 Å². The van der Waals surface area contributed by atoms with E-state index in [-0.39, 0.29) is 12.1 Å². The highest BCUT2D eigenvalue weighted by Gasteiger charge is 2.22. The Morgan fingerprint density at radius 3 is 2.58 bits per heavy atom. The third-order valence-electron chi connectivity index (χ3n) is 3.45. The molecule has 3 rings (SSSR count). The second kappa shape index (κ2) is 7.19. The normalized spacial score (nSPS) is 10.4. The summed E-state index contributed by atoms with van der Waals surface area (Å²) in [6.45, 7) is 3.94. The van der Waals surface area contributed by atoms with Crippen LogP contribution in [0.3, 0.4) is 0 Å². The molecule has 120 valence electrons. The van der Waals surface area contributed by atoms with E-state index in [1.54, 1.807) is 18.2 Å². The Hall–Kier alpha value is -2.79. The lowest BCUT2D eigenvalue weighted by Gasteiger charge is -2.18. The SMILES string of the molecule is C=CCN(C(=O)c1ccccc1F)c1nc(-c2ccccc2)cs1. The molecule has 3 nitrogen and oxygen atoms in total. The molecule has 1 heterocycles. The van der Waals surface area contributed by atoms with E-state index < -0.39 is 11.7 Å². The highest BCUT2D eigenvalue weighted by Crippen LogP contribution is 2.28. The number of halogens is 1. The van der Waals surface area contributed by atoms with E-state index in [0.29, 0.717) is 5.13 Å². The molecule has 0 fully saturated rings. The maximum absolute atomic E-state index is 13.9. The summed E-state index contributed by atoms with van der Waals surface area (Å²) in [7, 11) is 0. The molecule has 0 aliphatic rings. The fourth-order valence-corrected chi connectivity index (χ4v) is 3.13. The number of carbonyl (C=O) groups excluding carboxylic acids is 1. The lowest BCUT2D eigenvalue weighted by Crippen LogP contribution is -2.31. The van der Waals surface area contributed by atoms with E-state index in [1.807, 2.05) is 35.7 Å². The molecular weight excluding hydrogens is 323 g/mol. The van der Waals surface area contributed by atoms with Crippen LogP contribution in [0, 0.1) is 5.82 Å². The first-order valence-corrected chi connectivity index (χ1v) is 8.27. The second-order valence-electron chi connectivity index (χ2n) is 5.07. The molecule has 0 aliphatic heterocycles. The quantitative estimate of drug-likeness (QED) is 0.627. The van der Waals surface area contributed by atoms with E-state index in [4.69, 9.17) is 0 Å². The van der Waals surface area contributed by atoms with Gasteiger partial charge in [-0.1, -0.05) is 48.5 Å². The van der Waals surface area contributed by atoms with Crippen LogP contribution in [0.2, 0.25) is 0 Å². The zero-order valence-corrected chi connectivity index (χ0v) is 13.7. The Labute approximate surface area is 143 Å². The Bertz CT molecular complexity index is 861. The number of thiazole rings is 1. The predicted octanol–water partition coefficient (Wildman–Crippen LogP) is 4.78. The van der Waals surface area contributed by atoms with Crippen LogP contribution in [-0.2, 0) is 0 Å². The minimum absolute atomic E-state index is 0.0239. The fourth-order valence-electron chi connectivity index (χ4n) is 2.29. The third-order valence-corrected chi connectivity index (χ3v) is 4.32. The molecule has 0 bridgehead atoms. The molecule has 24 heavy (non-hydrogen) atoms. The van der Waals surface area contributed by atoms with Gasteiger partial charge in [-0.25, -0.2) is 9.37 Å². The summed E-state index contributed by atoms with van der Waals surface area (Å²) < 4.78 is 13.9. The molecule has 1 aromatic heterocycles. The fraction of sp³-hybridized carbons (Fsp3) is 0.0526. The molecule has 0 saturated carbocycles. The van der Waals surface area contributed by atoms with Crippen LogP contribution in [0.5, 0.6) is 0 Å². The first-order chi connectivity index (χ1) is 11.7. The molecule has 0 N–H and O–H groups in total. The monoisotopic (exact) mass is 338 g/mol. The molecule has 0 spiro atoms. The first kappa shape index (κ1) is 16.1. The summed E-state index contributed by atoms with van der Waals surface area (Å²) in [4.78, 5) is 18.7. The van der Waals surface area contributed by atoms with Crippen LogP contribution in [-0.4, -0.2) is 17.4 Å². The van der Waals surface area contributed by atoms with Gasteiger partial charge in [-0.2, -0.15) is 0 Å². The minimum atomic E-state index is -0.545. The van der Waals surface area contributed by atoms with Gasteiger partial charge in [0.25, 0.3) is 5.91 Å². The number of carbonyl (C=O) groups is 1. The molecule has 5 heteroatoms. The maximum Gasteiger partial charge on any atom is 0.263 e. The Balaban J connectivity index is 1.95. The topological polar surface area (TPSA) is 33.2 Å². The van der Waals surface area contributed by atoms with Crippen molar-refractivity contribution in [2.45, 2.75) is 0 Å². The standard InChI is InChI=1S/C19H15FN2OS/c1-2-12-22(18(23)15-10-6-7-11-16(15)20)19-21-17(13-24-19)14-8-4-3-5-9-14/h2-11,13H,1,12H2. The number of amides is 1. The number of nitrogens with zero attached hydrogens (tertiary/aromatic N) is 2. The van der Waals surface area contributed by atoms with Gasteiger partial charge in [0.15, 0.2) is 5.13 Å². The summed E-state index contributed by atoms with van der Waals surface area (Å²) in [5, 5.41) is 2.40. The molecular formula is C19H15FN2OS. The number of anilines is 1. The molecule has 0 atom stereocenters. The van der Waals surface area contributed by atoms with Crippen molar-refractivity contribution in [1.82, 2.24) is 4.98 Å². The average Bonchev–Trinajstić information content (AvgIpc) is 3.10. The van der Waals surface area contributed by atoms with E-state index in [9.17, 15) is 9.18 Å². The van der Waals surface area contributed by atoms with Crippen molar-refractivity contribution in [3.63, 3.8) is 0 Å². The van der Waals surface area contributed by atoms with Crippen molar-refractivity contribution in [2.75, 3.05) is 11.4 Å². The zero-order valence-electron chi connectivity index (χ0n) is 12.9. The van der Waals surface area contributed by atoms with Gasteiger partial charge in [-0.3, -0.25) is 9.69 Å². The summed E-state index contributed by atoms with van der Waals surface area (Å²) in [6, 6.07) is 15.6. The molecule has 1 amide bonds. The van der Waals surface area contributed by atoms with Crippen LogP contribution in [0.15, 0.2) is 72.6 Å². The van der Waals surface area contributed by atoms with E-state index in [1.165, 1.54) is 28.4 Å². The number of rotatable bonds is 5. The van der Waals surface area contributed by atoms with Crippen LogP contribution >= 0.6 is 11.3 Å². The van der Waals surface area contributed by atoms with Gasteiger partial charge in [0, 0.05) is 17.5 Å². The highest BCUT2D eigenvalue weighted by atomic mass is 32.1. The Kier molecular flexibility index (Phi) is 4.82. The third kappa shape index (κ3) is 3.26. The van der Waals surface area contributed by atoms with E-state index in [2.05, 4.69) is 11.6 Å². The average molecular weight is 338 g/mol. The summed E-state index contributed by atoms with van der Waals surface area (Å²) >= 11 is 1.35. The van der Waals surface area contributed by atoms with Gasteiger partial charge in [-0.05, 0) is 12.1 Å². The maximum atomic E-state index is 13.9. The zero-order chi connectivity index (χ0) is 16.9. The van der Waals surface area contributed by atoms with Gasteiger partial charge in [0.05, 0.1) is 11.3 Å². The van der Waals surface area contributed by atoms with Crippen molar-refractivity contribution in [2.24, 2.45) is 0 Å². The summed E-state index contributed by atoms with van der Waals surface area (Å²) in [5.74, 6) is -0.974. The van der Waals surface area contributed by atoms with Crippen LogP contribution < -0.4 is 4.90 Å². The van der Waals surface area contributed by atoms with Gasteiger partial charge < -0.3 is 0 Å². The van der Waals surface area contributed by atoms with Crippen LogP contribution in [0.4, 0.5) is 9.52 Å². The van der Waals surface area contributed by atoms with Crippen LogP contribution in [0.25, 0.3) is 11.3 Å². The second-order valence-corrected chi connectivity index (χ2v) is 5.90. The molecule has 0 aliphatic carbocycles. The largest absolute Gasteiger partial charge is 0.280 e. The van der Waals surface area contributed by atoms with Crippen molar-refractivity contribution in [3.05, 3.63) is 84.0 Å². The Morgan fingerprint density at radius 2 is 1.88 bits per heavy atom. The number of benzene rings is 2. The minimum Gasteiger partial charge on any atom is -0.280 e. The van der Waals surface area contributed by atoms with Gasteiger partial charge in [0.1, 0.15) is 5.82 Å². The lowest BCUT2D eigenvalue weighted by atomic mass is 10.2. The molecule has 3 aromatic rings. The van der Waals surface area contributed by atoms with Gasteiger partial charge >= 0.3 is 0 Å². The van der Waals surface area contributed by atoms with E-state index in [0.717, 1.165) is 11.3 Å². The van der Waals surface area contributed by atoms with Crippen molar-refractivity contribution >= 4 is 22.4 Å². The first-order valence-electron chi connectivity index (χ1n) is 7.39. The lowest BCUT2D eigenvalue weighted by molar-refractivity contribution is 0.0986. The number of aromatic nitrogens is 1. The van der Waals surface area contributed by atoms with Crippen molar-refractivity contribution in [3.8, 4) is 11.3 Å². The number of hydrogen-bond acceptors (Lipinski definition) is 3. The molecule has 2 aromatic carbocycles. The Morgan fingerprint density at radius 1 is 1.17 bits per heavy atom. The number of hydrogen-bond donors (Lipinski definition) is 0. The highest BCUT2D eigenvalue weighted by molar-refractivity contribution is 7.14. The van der Waals surface area contributed by atoms with Crippen molar-refractivity contribution in [1.29, 1.82) is 0 Å².